The highest BCUT2D eigenvalue weighted by Crippen LogP contribution is 2.43. The third kappa shape index (κ3) is 3.69. The van der Waals surface area contributed by atoms with Gasteiger partial charge in [0.1, 0.15) is 6.04 Å². The zero-order valence-electron chi connectivity index (χ0n) is 18.6. The van der Waals surface area contributed by atoms with Crippen molar-refractivity contribution >= 4 is 17.8 Å². The average molecular weight is 428 g/mol. The number of rotatable bonds is 4. The molecule has 0 saturated carbocycles. The van der Waals surface area contributed by atoms with E-state index in [1.165, 1.54) is 0 Å². The van der Waals surface area contributed by atoms with Crippen LogP contribution in [0.25, 0.3) is 0 Å². The highest BCUT2D eigenvalue weighted by molar-refractivity contribution is 5.89. The maximum atomic E-state index is 13.9. The highest BCUT2D eigenvalue weighted by Gasteiger charge is 2.53. The summed E-state index contributed by atoms with van der Waals surface area (Å²) in [6.07, 6.45) is 7.24. The van der Waals surface area contributed by atoms with Crippen molar-refractivity contribution in [3.8, 4) is 0 Å². The number of hydrogen-bond donors (Lipinski definition) is 0. The molecule has 8 nitrogen and oxygen atoms in total. The van der Waals surface area contributed by atoms with Crippen molar-refractivity contribution in [2.24, 2.45) is 11.8 Å². The number of hydrogen-bond acceptors (Lipinski definition) is 6. The Morgan fingerprint density at radius 3 is 2.87 bits per heavy atom. The molecule has 4 fully saturated rings. The summed E-state index contributed by atoms with van der Waals surface area (Å²) in [5.41, 5.74) is 0.947. The fourth-order valence-corrected chi connectivity index (χ4v) is 6.39. The molecule has 0 unspecified atom stereocenters. The monoisotopic (exact) mass is 427 g/mol. The summed E-state index contributed by atoms with van der Waals surface area (Å²) in [4.78, 5) is 42.4. The van der Waals surface area contributed by atoms with Gasteiger partial charge in [-0.25, -0.2) is 9.97 Å². The second-order valence-electron chi connectivity index (χ2n) is 9.65. The van der Waals surface area contributed by atoms with Crippen molar-refractivity contribution in [1.29, 1.82) is 0 Å². The smallest absolute Gasteiger partial charge is 0.246 e. The van der Waals surface area contributed by atoms with Gasteiger partial charge in [0.2, 0.25) is 17.8 Å². The zero-order chi connectivity index (χ0) is 21.5. The number of piperidine rings is 3. The second-order valence-corrected chi connectivity index (χ2v) is 9.65. The van der Waals surface area contributed by atoms with Gasteiger partial charge in [0.05, 0.1) is 12.6 Å². The van der Waals surface area contributed by atoms with E-state index in [-0.39, 0.29) is 35.9 Å². The van der Waals surface area contributed by atoms with Gasteiger partial charge in [0.15, 0.2) is 0 Å². The minimum Gasteiger partial charge on any atom is -0.383 e. The molecule has 0 spiro atoms. The molecule has 0 aromatic carbocycles. The SMILES string of the molecule is COC[C@@H]1CCCN1C(=O)[C@H]1[C@@H]2C[C@@H](CN(c3nccc(C)n3)C2)[C@@H]2CCCC(=O)N21. The van der Waals surface area contributed by atoms with E-state index in [9.17, 15) is 9.59 Å². The molecule has 31 heavy (non-hydrogen) atoms. The van der Waals surface area contributed by atoms with Gasteiger partial charge in [-0.15, -0.1) is 0 Å². The Kier molecular flexibility index (Phi) is 5.58. The highest BCUT2D eigenvalue weighted by atomic mass is 16.5. The first-order valence-electron chi connectivity index (χ1n) is 11.7. The quantitative estimate of drug-likeness (QED) is 0.727. The van der Waals surface area contributed by atoms with E-state index < -0.39 is 0 Å². The number of ether oxygens (including phenoxy) is 1. The molecule has 1 aromatic rings. The molecule has 2 amide bonds. The average Bonchev–Trinajstić information content (AvgIpc) is 3.23. The molecule has 2 bridgehead atoms. The van der Waals surface area contributed by atoms with E-state index in [1.54, 1.807) is 13.3 Å². The lowest BCUT2D eigenvalue weighted by Crippen LogP contribution is -2.69. The van der Waals surface area contributed by atoms with Crippen LogP contribution in [0.5, 0.6) is 0 Å². The Labute approximate surface area is 183 Å². The first-order valence-corrected chi connectivity index (χ1v) is 11.7. The first kappa shape index (κ1) is 20.7. The summed E-state index contributed by atoms with van der Waals surface area (Å²) in [5, 5.41) is 0. The molecule has 4 aliphatic heterocycles. The predicted molar refractivity (Wildman–Crippen MR) is 115 cm³/mol. The molecule has 1 aromatic heterocycles. The molecule has 4 saturated heterocycles. The molecule has 0 radical (unpaired) electrons. The number of nitrogens with zero attached hydrogens (tertiary/aromatic N) is 5. The van der Waals surface area contributed by atoms with Gasteiger partial charge in [-0.2, -0.15) is 0 Å². The molecular formula is C23H33N5O3. The topological polar surface area (TPSA) is 78.9 Å². The first-order chi connectivity index (χ1) is 15.1. The number of amides is 2. The van der Waals surface area contributed by atoms with Gasteiger partial charge in [-0.05, 0) is 51.0 Å². The van der Waals surface area contributed by atoms with Crippen LogP contribution in [-0.2, 0) is 14.3 Å². The van der Waals surface area contributed by atoms with Gasteiger partial charge in [-0.3, -0.25) is 9.59 Å². The van der Waals surface area contributed by atoms with Crippen LogP contribution < -0.4 is 4.90 Å². The summed E-state index contributed by atoms with van der Waals surface area (Å²) < 4.78 is 5.39. The third-order valence-corrected chi connectivity index (χ3v) is 7.68. The maximum absolute atomic E-state index is 13.9. The number of fused-ring (bicyclic) bond motifs is 4. The van der Waals surface area contributed by atoms with Gasteiger partial charge in [-0.1, -0.05) is 0 Å². The second kappa shape index (κ2) is 8.37. The van der Waals surface area contributed by atoms with Crippen molar-refractivity contribution in [2.75, 3.05) is 38.3 Å². The Morgan fingerprint density at radius 2 is 2.06 bits per heavy atom. The summed E-state index contributed by atoms with van der Waals surface area (Å²) in [7, 11) is 1.69. The van der Waals surface area contributed by atoms with E-state index in [1.807, 2.05) is 22.8 Å². The molecule has 0 aliphatic carbocycles. The van der Waals surface area contributed by atoms with E-state index >= 15 is 0 Å². The molecule has 5 rings (SSSR count). The Hall–Kier alpha value is -2.22. The normalized spacial score (nSPS) is 32.9. The van der Waals surface area contributed by atoms with Crippen LogP contribution in [0.3, 0.4) is 0 Å². The summed E-state index contributed by atoms with van der Waals surface area (Å²) in [5.74, 6) is 1.50. The van der Waals surface area contributed by atoms with Crippen molar-refractivity contribution in [3.63, 3.8) is 0 Å². The Bertz CT molecular complexity index is 848. The molecular weight excluding hydrogens is 394 g/mol. The minimum absolute atomic E-state index is 0.109. The Balaban J connectivity index is 1.46. The van der Waals surface area contributed by atoms with Gasteiger partial charge >= 0.3 is 0 Å². The number of aryl methyl sites for hydroxylation is 1. The molecule has 4 aliphatic rings. The number of carbonyl (C=O) groups excluding carboxylic acids is 2. The van der Waals surface area contributed by atoms with E-state index in [0.29, 0.717) is 18.9 Å². The predicted octanol–water partition coefficient (Wildman–Crippen LogP) is 1.63. The fraction of sp³-hybridized carbons (Fsp3) is 0.739. The van der Waals surface area contributed by atoms with Crippen LogP contribution in [0.4, 0.5) is 5.95 Å². The van der Waals surface area contributed by atoms with Gasteiger partial charge < -0.3 is 19.4 Å². The number of methoxy groups -OCH3 is 1. The van der Waals surface area contributed by atoms with Crippen molar-refractivity contribution in [2.45, 2.75) is 63.6 Å². The summed E-state index contributed by atoms with van der Waals surface area (Å²) >= 11 is 0. The summed E-state index contributed by atoms with van der Waals surface area (Å²) in [6.45, 7) is 4.87. The van der Waals surface area contributed by atoms with Crippen LogP contribution in [0.15, 0.2) is 12.3 Å². The number of aromatic nitrogens is 2. The maximum Gasteiger partial charge on any atom is 0.246 e. The fourth-order valence-electron chi connectivity index (χ4n) is 6.39. The van der Waals surface area contributed by atoms with Gasteiger partial charge in [0, 0.05) is 57.0 Å². The minimum atomic E-state index is -0.376. The van der Waals surface area contributed by atoms with Crippen LogP contribution in [0.1, 0.15) is 44.2 Å². The third-order valence-electron chi connectivity index (χ3n) is 7.68. The number of likely N-dealkylation sites (tertiary alicyclic amines) is 1. The zero-order valence-corrected chi connectivity index (χ0v) is 18.6. The lowest BCUT2D eigenvalue weighted by Gasteiger charge is -2.56. The van der Waals surface area contributed by atoms with Crippen molar-refractivity contribution in [1.82, 2.24) is 19.8 Å². The molecule has 8 heteroatoms. The van der Waals surface area contributed by atoms with Crippen LogP contribution in [0.2, 0.25) is 0 Å². The summed E-state index contributed by atoms with van der Waals surface area (Å²) in [6, 6.07) is 1.79. The van der Waals surface area contributed by atoms with E-state index in [4.69, 9.17) is 4.74 Å². The van der Waals surface area contributed by atoms with Crippen LogP contribution >= 0.6 is 0 Å². The van der Waals surface area contributed by atoms with Crippen LogP contribution in [-0.4, -0.2) is 83.1 Å². The molecule has 5 atom stereocenters. The van der Waals surface area contributed by atoms with Gasteiger partial charge in [0.25, 0.3) is 0 Å². The lowest BCUT2D eigenvalue weighted by atomic mass is 9.71. The standard InChI is InChI=1S/C23H33N5O3/c1-15-8-9-24-23(25-15)26-12-16-11-17(13-26)21(28-19(16)6-3-7-20(28)29)22(30)27-10-4-5-18(27)14-31-2/h8-9,16-19,21H,3-7,10-14H2,1-2H3/t16-,17+,18-,19-,21+/m0/s1. The van der Waals surface area contributed by atoms with E-state index in [2.05, 4.69) is 14.9 Å². The van der Waals surface area contributed by atoms with Crippen molar-refractivity contribution < 1.29 is 14.3 Å². The van der Waals surface area contributed by atoms with Crippen molar-refractivity contribution in [3.05, 3.63) is 18.0 Å². The number of anilines is 1. The lowest BCUT2D eigenvalue weighted by molar-refractivity contribution is -0.162. The largest absolute Gasteiger partial charge is 0.383 e. The molecule has 168 valence electrons. The molecule has 5 heterocycles. The number of carbonyl (C=O) groups is 2. The van der Waals surface area contributed by atoms with Crippen LogP contribution in [0, 0.1) is 18.8 Å². The Morgan fingerprint density at radius 1 is 1.23 bits per heavy atom. The van der Waals surface area contributed by atoms with E-state index in [0.717, 1.165) is 63.4 Å². The molecule has 0 N–H and O–H groups in total.